The molecule has 27 heavy (non-hydrogen) atoms. The highest BCUT2D eigenvalue weighted by Crippen LogP contribution is 2.21. The Morgan fingerprint density at radius 2 is 1.96 bits per heavy atom. The number of amides is 1. The second kappa shape index (κ2) is 7.97. The van der Waals surface area contributed by atoms with Crippen LogP contribution in [0, 0.1) is 6.92 Å². The summed E-state index contributed by atoms with van der Waals surface area (Å²) in [7, 11) is -3.60. The van der Waals surface area contributed by atoms with Crippen LogP contribution in [0.4, 0.5) is 5.82 Å². The second-order valence-electron chi connectivity index (χ2n) is 6.39. The van der Waals surface area contributed by atoms with Gasteiger partial charge in [0.2, 0.25) is 15.9 Å². The van der Waals surface area contributed by atoms with Gasteiger partial charge in [-0.1, -0.05) is 22.8 Å². The third-order valence-corrected chi connectivity index (χ3v) is 6.64. The minimum Gasteiger partial charge on any atom is -0.360 e. The molecule has 0 saturated carbocycles. The van der Waals surface area contributed by atoms with Gasteiger partial charge in [-0.2, -0.15) is 4.31 Å². The predicted molar refractivity (Wildman–Crippen MR) is 101 cm³/mol. The first-order chi connectivity index (χ1) is 12.8. The van der Waals surface area contributed by atoms with E-state index in [4.69, 9.17) is 16.1 Å². The predicted octanol–water partition coefficient (Wildman–Crippen LogP) is 1.97. The highest BCUT2D eigenvalue weighted by atomic mass is 35.5. The van der Waals surface area contributed by atoms with Gasteiger partial charge >= 0.3 is 0 Å². The molecule has 2 aromatic rings. The zero-order valence-electron chi connectivity index (χ0n) is 15.1. The summed E-state index contributed by atoms with van der Waals surface area (Å²) in [6, 6.07) is 7.44. The lowest BCUT2D eigenvalue weighted by Gasteiger charge is -2.36. The molecule has 8 nitrogen and oxygen atoms in total. The van der Waals surface area contributed by atoms with Gasteiger partial charge in [-0.15, -0.1) is 0 Å². The Kier molecular flexibility index (Phi) is 5.85. The molecule has 10 heteroatoms. The fraction of sp³-hybridized carbons (Fsp3) is 0.412. The van der Waals surface area contributed by atoms with E-state index in [0.717, 1.165) is 0 Å². The molecule has 1 amide bonds. The summed E-state index contributed by atoms with van der Waals surface area (Å²) in [5, 5.41) is 6.82. The molecule has 0 unspecified atom stereocenters. The monoisotopic (exact) mass is 412 g/mol. The smallest absolute Gasteiger partial charge is 0.243 e. The molecule has 0 spiro atoms. The van der Waals surface area contributed by atoms with Crippen LogP contribution in [0.2, 0.25) is 5.02 Å². The third kappa shape index (κ3) is 4.49. The van der Waals surface area contributed by atoms with E-state index >= 15 is 0 Å². The van der Waals surface area contributed by atoms with E-state index < -0.39 is 16.1 Å². The summed E-state index contributed by atoms with van der Waals surface area (Å²) in [4.78, 5) is 14.5. The first kappa shape index (κ1) is 19.8. The topological polar surface area (TPSA) is 95.8 Å². The van der Waals surface area contributed by atoms with Gasteiger partial charge in [0.25, 0.3) is 0 Å². The highest BCUT2D eigenvalue weighted by molar-refractivity contribution is 7.89. The van der Waals surface area contributed by atoms with Gasteiger partial charge < -0.3 is 9.84 Å². The van der Waals surface area contributed by atoms with Crippen molar-refractivity contribution in [2.75, 3.05) is 31.5 Å². The van der Waals surface area contributed by atoms with E-state index in [9.17, 15) is 13.2 Å². The van der Waals surface area contributed by atoms with Crippen molar-refractivity contribution in [3.63, 3.8) is 0 Å². The normalized spacial score (nSPS) is 17.6. The molecule has 1 N–H and O–H groups in total. The number of benzene rings is 1. The number of piperazine rings is 1. The number of sulfonamides is 1. The SMILES string of the molecule is Cc1cc(NC(=O)[C@H](C)N2CCN(S(=O)(=O)c3cccc(Cl)c3)CC2)no1. The van der Waals surface area contributed by atoms with Crippen LogP contribution in [0.25, 0.3) is 0 Å². The van der Waals surface area contributed by atoms with Crippen molar-refractivity contribution in [2.45, 2.75) is 24.8 Å². The van der Waals surface area contributed by atoms with E-state index in [1.54, 1.807) is 32.0 Å². The maximum atomic E-state index is 12.7. The van der Waals surface area contributed by atoms with E-state index in [1.165, 1.54) is 16.4 Å². The molecule has 0 aliphatic carbocycles. The van der Waals surface area contributed by atoms with Gasteiger partial charge in [0.15, 0.2) is 5.82 Å². The van der Waals surface area contributed by atoms with Crippen molar-refractivity contribution in [3.05, 3.63) is 41.1 Å². The molecule has 1 aliphatic rings. The van der Waals surface area contributed by atoms with Gasteiger partial charge in [-0.25, -0.2) is 8.42 Å². The molecule has 1 aromatic heterocycles. The number of rotatable bonds is 5. The summed E-state index contributed by atoms with van der Waals surface area (Å²) in [5.74, 6) is 0.763. The number of carbonyl (C=O) groups excluding carboxylic acids is 1. The second-order valence-corrected chi connectivity index (χ2v) is 8.76. The molecular formula is C17H21ClN4O4S. The van der Waals surface area contributed by atoms with E-state index in [-0.39, 0.29) is 10.8 Å². The number of hydrogen-bond donors (Lipinski definition) is 1. The first-order valence-electron chi connectivity index (χ1n) is 8.51. The van der Waals surface area contributed by atoms with Gasteiger partial charge in [0.05, 0.1) is 10.9 Å². The van der Waals surface area contributed by atoms with Crippen LogP contribution in [0.1, 0.15) is 12.7 Å². The van der Waals surface area contributed by atoms with Crippen molar-refractivity contribution in [3.8, 4) is 0 Å². The molecule has 146 valence electrons. The largest absolute Gasteiger partial charge is 0.360 e. The zero-order valence-corrected chi connectivity index (χ0v) is 16.6. The molecule has 1 atom stereocenters. The quantitative estimate of drug-likeness (QED) is 0.806. The molecule has 0 bridgehead atoms. The molecule has 1 fully saturated rings. The van der Waals surface area contributed by atoms with Crippen molar-refractivity contribution >= 4 is 33.3 Å². The maximum absolute atomic E-state index is 12.7. The molecule has 2 heterocycles. The average Bonchev–Trinajstić information content (AvgIpc) is 3.06. The Labute approximate surface area is 163 Å². The minimum absolute atomic E-state index is 0.177. The molecular weight excluding hydrogens is 392 g/mol. The Morgan fingerprint density at radius 3 is 2.56 bits per heavy atom. The Balaban J connectivity index is 1.60. The lowest BCUT2D eigenvalue weighted by atomic mass is 10.2. The van der Waals surface area contributed by atoms with Crippen LogP contribution < -0.4 is 5.32 Å². The Morgan fingerprint density at radius 1 is 1.26 bits per heavy atom. The van der Waals surface area contributed by atoms with Crippen molar-refractivity contribution in [2.24, 2.45) is 0 Å². The fourth-order valence-electron chi connectivity index (χ4n) is 2.93. The summed E-state index contributed by atoms with van der Waals surface area (Å²) in [6.45, 7) is 5.03. The summed E-state index contributed by atoms with van der Waals surface area (Å²) >= 11 is 5.91. The number of aryl methyl sites for hydroxylation is 1. The Hall–Kier alpha value is -1.94. The number of anilines is 1. The van der Waals surface area contributed by atoms with Crippen molar-refractivity contribution < 1.29 is 17.7 Å². The average molecular weight is 413 g/mol. The Bertz CT molecular complexity index is 923. The van der Waals surface area contributed by atoms with Gasteiger partial charge in [-0.3, -0.25) is 9.69 Å². The van der Waals surface area contributed by atoms with E-state index in [0.29, 0.717) is 42.8 Å². The first-order valence-corrected chi connectivity index (χ1v) is 10.3. The molecule has 0 radical (unpaired) electrons. The lowest BCUT2D eigenvalue weighted by Crippen LogP contribution is -2.53. The molecule has 1 aliphatic heterocycles. The van der Waals surface area contributed by atoms with Crippen LogP contribution in [0.5, 0.6) is 0 Å². The number of nitrogens with zero attached hydrogens (tertiary/aromatic N) is 3. The lowest BCUT2D eigenvalue weighted by molar-refractivity contribution is -0.121. The maximum Gasteiger partial charge on any atom is 0.243 e. The van der Waals surface area contributed by atoms with Crippen LogP contribution >= 0.6 is 11.6 Å². The standard InChI is InChI=1S/C17H21ClN4O4S/c1-12-10-16(20-26-12)19-17(23)13(2)21-6-8-22(9-7-21)27(24,25)15-5-3-4-14(18)11-15/h3-5,10-11,13H,6-9H2,1-2H3,(H,19,20,23)/t13-/m0/s1. The summed E-state index contributed by atoms with van der Waals surface area (Å²) in [6.07, 6.45) is 0. The fourth-order valence-corrected chi connectivity index (χ4v) is 4.65. The number of halogens is 1. The number of nitrogens with one attached hydrogen (secondary N) is 1. The van der Waals surface area contributed by atoms with Crippen LogP contribution in [-0.4, -0.2) is 60.9 Å². The number of carbonyl (C=O) groups is 1. The number of hydrogen-bond acceptors (Lipinski definition) is 6. The van der Waals surface area contributed by atoms with Gasteiger partial charge in [-0.05, 0) is 32.0 Å². The van der Waals surface area contributed by atoms with Crippen LogP contribution in [-0.2, 0) is 14.8 Å². The molecule has 3 rings (SSSR count). The zero-order chi connectivity index (χ0) is 19.6. The van der Waals surface area contributed by atoms with Crippen LogP contribution in [0.15, 0.2) is 39.8 Å². The van der Waals surface area contributed by atoms with Crippen LogP contribution in [0.3, 0.4) is 0 Å². The molecule has 1 saturated heterocycles. The summed E-state index contributed by atoms with van der Waals surface area (Å²) in [5.41, 5.74) is 0. The highest BCUT2D eigenvalue weighted by Gasteiger charge is 2.32. The minimum atomic E-state index is -3.60. The molecule has 1 aromatic carbocycles. The van der Waals surface area contributed by atoms with Crippen molar-refractivity contribution in [1.82, 2.24) is 14.4 Å². The summed E-state index contributed by atoms with van der Waals surface area (Å²) < 4.78 is 31.8. The van der Waals surface area contributed by atoms with Crippen molar-refractivity contribution in [1.29, 1.82) is 0 Å². The van der Waals surface area contributed by atoms with E-state index in [1.807, 2.05) is 4.90 Å². The number of aromatic nitrogens is 1. The van der Waals surface area contributed by atoms with Gasteiger partial charge in [0, 0.05) is 37.3 Å². The van der Waals surface area contributed by atoms with E-state index in [2.05, 4.69) is 10.5 Å². The van der Waals surface area contributed by atoms with Gasteiger partial charge in [0.1, 0.15) is 5.76 Å². The third-order valence-electron chi connectivity index (χ3n) is 4.51.